The van der Waals surface area contributed by atoms with Gasteiger partial charge in [-0.25, -0.2) is 0 Å². The summed E-state index contributed by atoms with van der Waals surface area (Å²) in [4.78, 5) is 0. The summed E-state index contributed by atoms with van der Waals surface area (Å²) in [5.41, 5.74) is 2.55. The van der Waals surface area contributed by atoms with E-state index < -0.39 is 0 Å². The highest BCUT2D eigenvalue weighted by atomic mass is 16.7. The van der Waals surface area contributed by atoms with Crippen LogP contribution in [-0.4, -0.2) is 32.7 Å². The Kier molecular flexibility index (Phi) is 16.0. The molecule has 2 rings (SSSR count). The predicted molar refractivity (Wildman–Crippen MR) is 107 cm³/mol. The van der Waals surface area contributed by atoms with Gasteiger partial charge in [0, 0.05) is 26.4 Å². The smallest absolute Gasteiger partial charge is 0.154 e. The summed E-state index contributed by atoms with van der Waals surface area (Å²) in [5.74, 6) is 0. The fourth-order valence-electron chi connectivity index (χ4n) is 1.98. The van der Waals surface area contributed by atoms with Crippen molar-refractivity contribution in [2.45, 2.75) is 40.9 Å². The summed E-state index contributed by atoms with van der Waals surface area (Å²) in [6.07, 6.45) is -0.0370. The Balaban J connectivity index is 0.000000387. The van der Waals surface area contributed by atoms with Crippen LogP contribution in [0.15, 0.2) is 60.7 Å². The Morgan fingerprint density at radius 1 is 0.600 bits per heavy atom. The fraction of sp³-hybridized carbons (Fsp3) is 0.455. The van der Waals surface area contributed by atoms with Gasteiger partial charge in [0.15, 0.2) is 6.29 Å². The van der Waals surface area contributed by atoms with Crippen LogP contribution in [0.2, 0.25) is 0 Å². The van der Waals surface area contributed by atoms with E-state index in [9.17, 15) is 0 Å². The predicted octanol–water partition coefficient (Wildman–Crippen LogP) is 5.80. The van der Waals surface area contributed by atoms with Gasteiger partial charge in [-0.2, -0.15) is 0 Å². The summed E-state index contributed by atoms with van der Waals surface area (Å²) in [6, 6.07) is 20.8. The lowest BCUT2D eigenvalue weighted by Gasteiger charge is -2.09. The van der Waals surface area contributed by atoms with Crippen LogP contribution in [0, 0.1) is 0 Å². The lowest BCUT2D eigenvalue weighted by Crippen LogP contribution is -2.11. The van der Waals surface area contributed by atoms with Gasteiger partial charge in [0.2, 0.25) is 0 Å². The number of benzene rings is 2. The fourth-order valence-corrected chi connectivity index (χ4v) is 1.98. The Labute approximate surface area is 153 Å². The highest BCUT2D eigenvalue weighted by Crippen LogP contribution is 2.17. The third-order valence-corrected chi connectivity index (χ3v) is 3.09. The lowest BCUT2D eigenvalue weighted by atomic mass is 10.1. The van der Waals surface area contributed by atoms with Crippen LogP contribution in [0.4, 0.5) is 0 Å². The molecule has 0 saturated heterocycles. The summed E-state index contributed by atoms with van der Waals surface area (Å²) >= 11 is 0. The zero-order valence-electron chi connectivity index (χ0n) is 16.4. The molecular formula is C22H34O3. The van der Waals surface area contributed by atoms with Crippen molar-refractivity contribution >= 4 is 0 Å². The molecule has 0 N–H and O–H groups in total. The van der Waals surface area contributed by atoms with E-state index in [4.69, 9.17) is 14.2 Å². The maximum atomic E-state index is 5.06. The first-order valence-corrected chi connectivity index (χ1v) is 9.10. The molecule has 0 heterocycles. The minimum Gasteiger partial charge on any atom is -0.382 e. The molecule has 0 spiro atoms. The Morgan fingerprint density at radius 2 is 0.960 bits per heavy atom. The average molecular weight is 347 g/mol. The summed E-state index contributed by atoms with van der Waals surface area (Å²) in [7, 11) is 0. The first-order chi connectivity index (χ1) is 12.2. The summed E-state index contributed by atoms with van der Waals surface area (Å²) in [6.45, 7) is 12.9. The van der Waals surface area contributed by atoms with Gasteiger partial charge < -0.3 is 14.2 Å². The van der Waals surface area contributed by atoms with Gasteiger partial charge >= 0.3 is 0 Å². The molecule has 3 heteroatoms. The van der Waals surface area contributed by atoms with Crippen molar-refractivity contribution in [2.24, 2.45) is 0 Å². The lowest BCUT2D eigenvalue weighted by molar-refractivity contribution is -0.123. The van der Waals surface area contributed by atoms with E-state index in [1.807, 2.05) is 46.8 Å². The molecule has 2 aromatic carbocycles. The molecule has 0 unspecified atom stereocenters. The average Bonchev–Trinajstić information content (AvgIpc) is 2.65. The second kappa shape index (κ2) is 17.2. The molecule has 0 aliphatic heterocycles. The molecule has 140 valence electrons. The highest BCUT2D eigenvalue weighted by molar-refractivity contribution is 5.62. The molecular weight excluding hydrogens is 312 g/mol. The third-order valence-electron chi connectivity index (χ3n) is 3.09. The molecule has 0 aliphatic rings. The third kappa shape index (κ3) is 13.3. The molecule has 25 heavy (non-hydrogen) atoms. The number of hydrogen-bond donors (Lipinski definition) is 0. The van der Waals surface area contributed by atoms with Crippen molar-refractivity contribution in [1.82, 2.24) is 0 Å². The minimum atomic E-state index is -0.0370. The van der Waals surface area contributed by atoms with E-state index >= 15 is 0 Å². The van der Waals surface area contributed by atoms with Crippen LogP contribution in [0.25, 0.3) is 11.1 Å². The monoisotopic (exact) mass is 346 g/mol. The van der Waals surface area contributed by atoms with E-state index in [1.54, 1.807) is 0 Å². The Morgan fingerprint density at radius 3 is 1.20 bits per heavy atom. The minimum absolute atomic E-state index is 0.0370. The molecule has 0 bridgehead atoms. The molecule has 2 aromatic rings. The van der Waals surface area contributed by atoms with Crippen LogP contribution < -0.4 is 0 Å². The SMILES string of the molecule is CCOC(C)OCC.CCOCC.c1ccc(-c2ccccc2)cc1. The molecule has 0 aliphatic carbocycles. The Bertz CT molecular complexity index is 440. The van der Waals surface area contributed by atoms with Gasteiger partial charge in [-0.1, -0.05) is 60.7 Å². The summed E-state index contributed by atoms with van der Waals surface area (Å²) in [5, 5.41) is 0. The first kappa shape index (κ1) is 23.3. The van der Waals surface area contributed by atoms with E-state index in [-0.39, 0.29) is 6.29 Å². The van der Waals surface area contributed by atoms with Crippen molar-refractivity contribution in [3.63, 3.8) is 0 Å². The van der Waals surface area contributed by atoms with E-state index in [0.717, 1.165) is 26.4 Å². The second-order valence-electron chi connectivity index (χ2n) is 4.99. The molecule has 0 aromatic heterocycles. The van der Waals surface area contributed by atoms with Gasteiger partial charge in [0.25, 0.3) is 0 Å². The summed E-state index contributed by atoms with van der Waals surface area (Å²) < 4.78 is 15.0. The first-order valence-electron chi connectivity index (χ1n) is 9.10. The molecule has 3 nitrogen and oxygen atoms in total. The molecule has 0 atom stereocenters. The van der Waals surface area contributed by atoms with Crippen LogP contribution in [0.5, 0.6) is 0 Å². The standard InChI is InChI=1S/C12H10.C6H14O2.C4H10O/c1-3-7-11(8-4-1)12-9-5-2-6-10-12;1-4-7-6(3)8-5-2;1-3-5-4-2/h1-10H;6H,4-5H2,1-3H3;3-4H2,1-2H3. The highest BCUT2D eigenvalue weighted by Gasteiger charge is 1.95. The maximum absolute atomic E-state index is 5.06. The van der Waals surface area contributed by atoms with Crippen molar-refractivity contribution in [1.29, 1.82) is 0 Å². The van der Waals surface area contributed by atoms with Crippen molar-refractivity contribution in [2.75, 3.05) is 26.4 Å². The number of ether oxygens (including phenoxy) is 3. The normalized spacial score (nSPS) is 9.68. The topological polar surface area (TPSA) is 27.7 Å². The second-order valence-corrected chi connectivity index (χ2v) is 4.99. The van der Waals surface area contributed by atoms with E-state index in [1.165, 1.54) is 11.1 Å². The van der Waals surface area contributed by atoms with Crippen LogP contribution in [0.1, 0.15) is 34.6 Å². The Hall–Kier alpha value is -1.68. The maximum Gasteiger partial charge on any atom is 0.154 e. The van der Waals surface area contributed by atoms with Gasteiger partial charge in [0.05, 0.1) is 0 Å². The van der Waals surface area contributed by atoms with Gasteiger partial charge in [0.1, 0.15) is 0 Å². The van der Waals surface area contributed by atoms with E-state index in [2.05, 4.69) is 48.5 Å². The van der Waals surface area contributed by atoms with Crippen molar-refractivity contribution in [3.8, 4) is 11.1 Å². The molecule has 0 fully saturated rings. The van der Waals surface area contributed by atoms with Crippen LogP contribution in [0.3, 0.4) is 0 Å². The molecule has 0 saturated carbocycles. The van der Waals surface area contributed by atoms with Crippen LogP contribution >= 0.6 is 0 Å². The van der Waals surface area contributed by atoms with Crippen molar-refractivity contribution < 1.29 is 14.2 Å². The zero-order valence-corrected chi connectivity index (χ0v) is 16.4. The molecule has 0 amide bonds. The van der Waals surface area contributed by atoms with Crippen LogP contribution in [-0.2, 0) is 14.2 Å². The van der Waals surface area contributed by atoms with Gasteiger partial charge in [-0.05, 0) is 45.7 Å². The largest absolute Gasteiger partial charge is 0.382 e. The van der Waals surface area contributed by atoms with Gasteiger partial charge in [-0.3, -0.25) is 0 Å². The van der Waals surface area contributed by atoms with Gasteiger partial charge in [-0.15, -0.1) is 0 Å². The zero-order chi connectivity index (χ0) is 18.8. The number of rotatable bonds is 7. The molecule has 0 radical (unpaired) electrons. The van der Waals surface area contributed by atoms with E-state index in [0.29, 0.717) is 0 Å². The number of hydrogen-bond acceptors (Lipinski definition) is 3. The quantitative estimate of drug-likeness (QED) is 0.593. The van der Waals surface area contributed by atoms with Crippen molar-refractivity contribution in [3.05, 3.63) is 60.7 Å².